The third-order valence-corrected chi connectivity index (χ3v) is 9.31. The molecule has 7 rings (SSSR count). The molecule has 9 nitrogen and oxygen atoms in total. The minimum Gasteiger partial charge on any atom is -0.490 e. The average Bonchev–Trinajstić information content (AvgIpc) is 3.50. The van der Waals surface area contributed by atoms with Gasteiger partial charge in [0.25, 0.3) is 5.56 Å². The molecule has 0 unspecified atom stereocenters. The first-order chi connectivity index (χ1) is 20.1. The maximum absolute atomic E-state index is 13.9. The van der Waals surface area contributed by atoms with Gasteiger partial charge in [-0.3, -0.25) is 9.36 Å². The molecule has 11 heteroatoms. The van der Waals surface area contributed by atoms with Gasteiger partial charge < -0.3 is 15.4 Å². The molecule has 41 heavy (non-hydrogen) atoms. The predicted molar refractivity (Wildman–Crippen MR) is 164 cm³/mol. The fraction of sp³-hybridized carbons (Fsp3) is 0.300. The summed E-state index contributed by atoms with van der Waals surface area (Å²) in [5.74, 6) is 1.62. The van der Waals surface area contributed by atoms with Crippen molar-refractivity contribution in [2.75, 3.05) is 18.4 Å². The van der Waals surface area contributed by atoms with Crippen LogP contribution in [0.25, 0.3) is 26.5 Å². The van der Waals surface area contributed by atoms with Gasteiger partial charge in [-0.2, -0.15) is 4.98 Å². The molecule has 1 saturated heterocycles. The van der Waals surface area contributed by atoms with Gasteiger partial charge in [-0.25, -0.2) is 15.0 Å². The molecule has 0 radical (unpaired) electrons. The molecule has 4 aromatic heterocycles. The van der Waals surface area contributed by atoms with Crippen molar-refractivity contribution < 1.29 is 4.74 Å². The molecule has 0 amide bonds. The number of thiazole rings is 2. The van der Waals surface area contributed by atoms with E-state index in [1.165, 1.54) is 11.3 Å². The Bertz CT molecular complexity index is 1750. The number of hydrogen-bond acceptors (Lipinski definition) is 10. The summed E-state index contributed by atoms with van der Waals surface area (Å²) in [6.07, 6.45) is 7.94. The highest BCUT2D eigenvalue weighted by Crippen LogP contribution is 2.40. The molecule has 0 spiro atoms. The van der Waals surface area contributed by atoms with Gasteiger partial charge in [-0.15, -0.1) is 22.7 Å². The lowest BCUT2D eigenvalue weighted by Gasteiger charge is -2.23. The minimum absolute atomic E-state index is 0.114. The molecule has 1 aromatic carbocycles. The number of rotatable bonds is 9. The van der Waals surface area contributed by atoms with Crippen molar-refractivity contribution in [2.45, 2.75) is 38.3 Å². The summed E-state index contributed by atoms with van der Waals surface area (Å²) in [6, 6.07) is 9.71. The Morgan fingerprint density at radius 3 is 2.68 bits per heavy atom. The first kappa shape index (κ1) is 26.0. The van der Waals surface area contributed by atoms with Gasteiger partial charge in [0.05, 0.1) is 22.6 Å². The van der Waals surface area contributed by atoms with Crippen LogP contribution in [0.4, 0.5) is 11.6 Å². The van der Waals surface area contributed by atoms with E-state index in [0.717, 1.165) is 76.7 Å². The number of ether oxygens (including phenoxy) is 1. The van der Waals surface area contributed by atoms with E-state index in [0.29, 0.717) is 23.1 Å². The summed E-state index contributed by atoms with van der Waals surface area (Å²) < 4.78 is 7.83. The summed E-state index contributed by atoms with van der Waals surface area (Å²) in [7, 11) is 0. The number of hydrogen-bond donors (Lipinski definition) is 2. The fourth-order valence-electron chi connectivity index (χ4n) is 5.14. The number of benzene rings is 1. The number of fused-ring (bicyclic) bond motifs is 1. The van der Waals surface area contributed by atoms with E-state index in [1.807, 2.05) is 35.7 Å². The van der Waals surface area contributed by atoms with Crippen LogP contribution in [0.15, 0.2) is 65.0 Å². The fourth-order valence-corrected chi connectivity index (χ4v) is 6.72. The Labute approximate surface area is 245 Å². The SMILES string of the molecule is C=C(c1cc2cnc(Nc3ccc(OC4CCNCC4)cc3)nc2n(Cc2ncsc2-c2nccs2)c1=O)C1CC1. The third-order valence-electron chi connectivity index (χ3n) is 7.52. The van der Waals surface area contributed by atoms with Gasteiger partial charge in [0.2, 0.25) is 5.95 Å². The molecule has 5 aromatic rings. The number of nitrogens with one attached hydrogen (secondary N) is 2. The molecule has 2 N–H and O–H groups in total. The molecule has 1 aliphatic heterocycles. The van der Waals surface area contributed by atoms with Crippen molar-refractivity contribution in [3.8, 4) is 15.6 Å². The monoisotopic (exact) mass is 583 g/mol. The van der Waals surface area contributed by atoms with Gasteiger partial charge in [0.15, 0.2) is 0 Å². The maximum atomic E-state index is 13.9. The zero-order valence-electron chi connectivity index (χ0n) is 22.4. The van der Waals surface area contributed by atoms with Crippen LogP contribution in [-0.2, 0) is 6.54 Å². The quantitative estimate of drug-likeness (QED) is 0.227. The zero-order chi connectivity index (χ0) is 27.8. The summed E-state index contributed by atoms with van der Waals surface area (Å²) in [4.78, 5) is 33.3. The lowest BCUT2D eigenvalue weighted by Crippen LogP contribution is -2.34. The van der Waals surface area contributed by atoms with Crippen LogP contribution >= 0.6 is 22.7 Å². The zero-order valence-corrected chi connectivity index (χ0v) is 24.0. The Morgan fingerprint density at radius 2 is 1.93 bits per heavy atom. The van der Waals surface area contributed by atoms with E-state index in [9.17, 15) is 4.79 Å². The molecular weight excluding hydrogens is 555 g/mol. The van der Waals surface area contributed by atoms with Crippen molar-refractivity contribution in [1.82, 2.24) is 29.8 Å². The topological polar surface area (TPSA) is 107 Å². The van der Waals surface area contributed by atoms with Crippen LogP contribution in [0.2, 0.25) is 0 Å². The smallest absolute Gasteiger partial charge is 0.260 e. The van der Waals surface area contributed by atoms with Crippen molar-refractivity contribution in [3.05, 3.63) is 81.8 Å². The molecule has 1 saturated carbocycles. The largest absolute Gasteiger partial charge is 0.490 e. The van der Waals surface area contributed by atoms with Gasteiger partial charge in [-0.05, 0) is 80.6 Å². The van der Waals surface area contributed by atoms with Crippen molar-refractivity contribution in [2.24, 2.45) is 5.92 Å². The minimum atomic E-state index is -0.114. The highest BCUT2D eigenvalue weighted by Gasteiger charge is 2.28. The summed E-state index contributed by atoms with van der Waals surface area (Å²) in [5.41, 5.74) is 5.37. The van der Waals surface area contributed by atoms with E-state index in [-0.39, 0.29) is 18.2 Å². The molecule has 2 aliphatic rings. The molecular formula is C30H29N7O2S2. The maximum Gasteiger partial charge on any atom is 0.260 e. The van der Waals surface area contributed by atoms with E-state index in [2.05, 4.69) is 32.2 Å². The van der Waals surface area contributed by atoms with Gasteiger partial charge in [0, 0.05) is 34.4 Å². The second-order valence-corrected chi connectivity index (χ2v) is 12.2. The highest BCUT2D eigenvalue weighted by atomic mass is 32.1. The molecule has 1 aliphatic carbocycles. The Morgan fingerprint density at radius 1 is 1.10 bits per heavy atom. The highest BCUT2D eigenvalue weighted by molar-refractivity contribution is 7.20. The number of anilines is 2. The van der Waals surface area contributed by atoms with E-state index >= 15 is 0 Å². The van der Waals surface area contributed by atoms with Crippen molar-refractivity contribution >= 4 is 50.9 Å². The summed E-state index contributed by atoms with van der Waals surface area (Å²) >= 11 is 3.08. The molecule has 0 atom stereocenters. The summed E-state index contributed by atoms with van der Waals surface area (Å²) in [5, 5.41) is 10.3. The molecule has 2 fully saturated rings. The van der Waals surface area contributed by atoms with Gasteiger partial charge >= 0.3 is 0 Å². The standard InChI is InChI=1S/C30H29N7O2S2/c1-18(19-2-3-19)24-14-20-15-33-30(35-21-4-6-22(7-5-21)39-23-8-10-31-11-9-23)36-27(20)37(29(24)38)16-25-26(41-17-34-25)28-32-12-13-40-28/h4-7,12-15,17,19,23,31H,1-3,8-11,16H2,(H,33,35,36). The lowest BCUT2D eigenvalue weighted by molar-refractivity contribution is 0.162. The Kier molecular flexibility index (Phi) is 7.07. The Balaban J connectivity index is 1.21. The van der Waals surface area contributed by atoms with Crippen LogP contribution in [0, 0.1) is 5.92 Å². The Hall–Kier alpha value is -3.93. The summed E-state index contributed by atoms with van der Waals surface area (Å²) in [6.45, 7) is 6.51. The average molecular weight is 584 g/mol. The van der Waals surface area contributed by atoms with Crippen LogP contribution in [-0.4, -0.2) is 43.7 Å². The third kappa shape index (κ3) is 5.52. The van der Waals surface area contributed by atoms with Gasteiger partial charge in [-0.1, -0.05) is 6.58 Å². The molecule has 5 heterocycles. The predicted octanol–water partition coefficient (Wildman–Crippen LogP) is 5.72. The van der Waals surface area contributed by atoms with Crippen LogP contribution in [0.3, 0.4) is 0 Å². The molecule has 0 bridgehead atoms. The van der Waals surface area contributed by atoms with E-state index in [4.69, 9.17) is 9.72 Å². The number of aromatic nitrogens is 5. The number of nitrogens with zero attached hydrogens (tertiary/aromatic N) is 5. The van der Waals surface area contributed by atoms with Crippen LogP contribution in [0.5, 0.6) is 5.75 Å². The van der Waals surface area contributed by atoms with Crippen LogP contribution < -0.4 is 20.9 Å². The lowest BCUT2D eigenvalue weighted by atomic mass is 10.0. The molecule has 208 valence electrons. The van der Waals surface area contributed by atoms with Crippen molar-refractivity contribution in [1.29, 1.82) is 0 Å². The first-order valence-electron chi connectivity index (χ1n) is 13.8. The number of piperidine rings is 1. The second-order valence-electron chi connectivity index (χ2n) is 10.4. The first-order valence-corrected chi connectivity index (χ1v) is 15.5. The van der Waals surface area contributed by atoms with Crippen LogP contribution in [0.1, 0.15) is 36.9 Å². The van der Waals surface area contributed by atoms with E-state index < -0.39 is 0 Å². The number of allylic oxidation sites excluding steroid dienone is 1. The normalized spacial score (nSPS) is 15.7. The van der Waals surface area contributed by atoms with E-state index in [1.54, 1.807) is 33.8 Å². The van der Waals surface area contributed by atoms with Gasteiger partial charge in [0.1, 0.15) is 22.5 Å². The van der Waals surface area contributed by atoms with Crippen molar-refractivity contribution in [3.63, 3.8) is 0 Å². The number of pyridine rings is 1. The second kappa shape index (κ2) is 11.2.